The Kier molecular flexibility index (Phi) is 9.20. The maximum atomic E-state index is 13.2. The maximum absolute atomic E-state index is 13.2. The van der Waals surface area contributed by atoms with Crippen LogP contribution >= 0.6 is 23.2 Å². The van der Waals surface area contributed by atoms with Crippen LogP contribution < -0.4 is 20.4 Å². The molecule has 0 aliphatic carbocycles. The molecule has 10 nitrogen and oxygen atoms in total. The monoisotopic (exact) mass is 596 g/mol. The highest BCUT2D eigenvalue weighted by Gasteiger charge is 2.36. The number of nitrogen functional groups attached to an aromatic ring is 1. The normalized spacial score (nSPS) is 18.7. The molecule has 0 saturated carbocycles. The molecule has 0 bridgehead atoms. The van der Waals surface area contributed by atoms with Gasteiger partial charge in [-0.15, -0.1) is 0 Å². The first-order valence-electron chi connectivity index (χ1n) is 12.1. The zero-order chi connectivity index (χ0) is 29.2. The van der Waals surface area contributed by atoms with Crippen molar-refractivity contribution in [2.75, 3.05) is 46.6 Å². The minimum absolute atomic E-state index is 0.00298. The summed E-state index contributed by atoms with van der Waals surface area (Å²) in [4.78, 5) is 31.9. The van der Waals surface area contributed by atoms with Crippen LogP contribution in [-0.4, -0.2) is 74.7 Å². The van der Waals surface area contributed by atoms with Gasteiger partial charge in [0.2, 0.25) is 0 Å². The molecule has 2 aromatic rings. The van der Waals surface area contributed by atoms with Gasteiger partial charge in [0.25, 0.3) is 11.8 Å². The number of amides is 1. The highest BCUT2D eigenvalue weighted by atomic mass is 35.5. The molecule has 4 rings (SSSR count). The lowest BCUT2D eigenvalue weighted by atomic mass is 10.1. The molecule has 0 spiro atoms. The highest BCUT2D eigenvalue weighted by Crippen LogP contribution is 2.34. The first kappa shape index (κ1) is 30.7. The Morgan fingerprint density at radius 1 is 0.897 bits per heavy atom. The van der Waals surface area contributed by atoms with Crippen molar-refractivity contribution in [2.24, 2.45) is 0 Å². The minimum atomic E-state index is -2.66. The van der Waals surface area contributed by atoms with Crippen molar-refractivity contribution in [1.29, 1.82) is 0 Å². The van der Waals surface area contributed by atoms with Crippen LogP contribution in [0.4, 0.5) is 45.6 Å². The second-order valence-electron chi connectivity index (χ2n) is 10.2. The maximum Gasteiger partial charge on any atom is 0.413 e. The first-order valence-corrected chi connectivity index (χ1v) is 12.8. The van der Waals surface area contributed by atoms with E-state index >= 15 is 0 Å². The molecular weight excluding hydrogens is 567 g/mol. The van der Waals surface area contributed by atoms with Crippen molar-refractivity contribution < 1.29 is 27.5 Å². The molecule has 3 N–H and O–H groups in total. The van der Waals surface area contributed by atoms with Crippen molar-refractivity contribution in [3.63, 3.8) is 0 Å². The summed E-state index contributed by atoms with van der Waals surface area (Å²) in [6.45, 7) is 5.87. The van der Waals surface area contributed by atoms with Gasteiger partial charge in [0.1, 0.15) is 5.82 Å². The fourth-order valence-corrected chi connectivity index (χ4v) is 4.60. The predicted molar refractivity (Wildman–Crippen MR) is 142 cm³/mol. The van der Waals surface area contributed by atoms with Gasteiger partial charge in [-0.05, 0) is 20.8 Å². The third-order valence-electron chi connectivity index (χ3n) is 6.11. The Hall–Kier alpha value is -2.87. The molecular formula is C23H30Cl2F4N8O2. The fraction of sp³-hybridized carbons (Fsp3) is 0.609. The van der Waals surface area contributed by atoms with E-state index in [4.69, 9.17) is 28.9 Å². The molecule has 1 amide bonds. The molecule has 0 aromatic carbocycles. The largest absolute Gasteiger partial charge is 0.465 e. The minimum Gasteiger partial charge on any atom is -0.465 e. The topological polar surface area (TPSA) is 125 Å². The summed E-state index contributed by atoms with van der Waals surface area (Å²) in [5.74, 6) is -4.21. The average Bonchev–Trinajstić information content (AvgIpc) is 2.79. The number of anilines is 4. The number of hydrogen-bond donors (Lipinski definition) is 2. The van der Waals surface area contributed by atoms with E-state index in [-0.39, 0.29) is 73.8 Å². The number of halogens is 6. The summed E-state index contributed by atoms with van der Waals surface area (Å²) < 4.78 is 52.3. The quantitative estimate of drug-likeness (QED) is 0.436. The van der Waals surface area contributed by atoms with E-state index in [0.717, 1.165) is 4.90 Å². The Bertz CT molecular complexity index is 1170. The lowest BCUT2D eigenvalue weighted by molar-refractivity contribution is -0.0227. The molecule has 2 fully saturated rings. The van der Waals surface area contributed by atoms with E-state index in [2.05, 4.69) is 19.9 Å². The Morgan fingerprint density at radius 3 is 1.67 bits per heavy atom. The third kappa shape index (κ3) is 8.07. The SMILES string of the molecule is CC(C)(C)N(C(=O)O)c1cnc(N2CCC(F)(F)CC2)c(Cl)n1.Nc1cnc(N2CCC(F)(F)CC2)c(Cl)n1. The number of hydrogen-bond acceptors (Lipinski definition) is 8. The number of nitrogens with two attached hydrogens (primary N) is 1. The zero-order valence-corrected chi connectivity index (χ0v) is 23.2. The number of aromatic nitrogens is 4. The number of carboxylic acid groups (broad SMARTS) is 1. The summed E-state index contributed by atoms with van der Waals surface area (Å²) in [6.07, 6.45) is 0.589. The van der Waals surface area contributed by atoms with E-state index in [0.29, 0.717) is 11.6 Å². The van der Waals surface area contributed by atoms with Gasteiger partial charge in [-0.2, -0.15) is 0 Å². The van der Waals surface area contributed by atoms with Crippen LogP contribution in [0.15, 0.2) is 12.4 Å². The van der Waals surface area contributed by atoms with Gasteiger partial charge in [0, 0.05) is 57.4 Å². The molecule has 2 aliphatic rings. The van der Waals surface area contributed by atoms with Crippen molar-refractivity contribution in [2.45, 2.75) is 63.8 Å². The molecule has 0 atom stereocenters. The zero-order valence-electron chi connectivity index (χ0n) is 21.6. The van der Waals surface area contributed by atoms with Crippen molar-refractivity contribution in [3.8, 4) is 0 Å². The summed E-state index contributed by atoms with van der Waals surface area (Å²) in [7, 11) is 0. The van der Waals surface area contributed by atoms with Crippen LogP contribution in [0.25, 0.3) is 0 Å². The van der Waals surface area contributed by atoms with Crippen LogP contribution in [0.3, 0.4) is 0 Å². The van der Waals surface area contributed by atoms with E-state index in [9.17, 15) is 27.5 Å². The highest BCUT2D eigenvalue weighted by molar-refractivity contribution is 6.32. The summed E-state index contributed by atoms with van der Waals surface area (Å²) >= 11 is 12.0. The fourth-order valence-electron chi connectivity index (χ4n) is 4.08. The molecule has 4 heterocycles. The molecule has 0 radical (unpaired) electrons. The van der Waals surface area contributed by atoms with E-state index in [1.165, 1.54) is 12.4 Å². The molecule has 216 valence electrons. The van der Waals surface area contributed by atoms with Gasteiger partial charge >= 0.3 is 6.09 Å². The summed E-state index contributed by atoms with van der Waals surface area (Å²) in [5.41, 5.74) is 4.68. The number of rotatable bonds is 3. The lowest BCUT2D eigenvalue weighted by Crippen LogP contribution is -2.46. The van der Waals surface area contributed by atoms with Gasteiger partial charge in [-0.3, -0.25) is 4.90 Å². The van der Waals surface area contributed by atoms with Gasteiger partial charge in [-0.1, -0.05) is 23.2 Å². The van der Waals surface area contributed by atoms with E-state index in [1.807, 2.05) is 0 Å². The Morgan fingerprint density at radius 2 is 1.31 bits per heavy atom. The second kappa shape index (κ2) is 11.7. The molecule has 16 heteroatoms. The molecule has 2 saturated heterocycles. The van der Waals surface area contributed by atoms with Gasteiger partial charge in [0.15, 0.2) is 27.8 Å². The average molecular weight is 597 g/mol. The predicted octanol–water partition coefficient (Wildman–Crippen LogP) is 5.60. The molecule has 2 aliphatic heterocycles. The van der Waals surface area contributed by atoms with Crippen LogP contribution in [0.1, 0.15) is 46.5 Å². The van der Waals surface area contributed by atoms with Crippen LogP contribution in [-0.2, 0) is 0 Å². The number of nitrogens with zero attached hydrogens (tertiary/aromatic N) is 7. The number of piperidine rings is 2. The van der Waals surface area contributed by atoms with Crippen molar-refractivity contribution >= 4 is 52.6 Å². The van der Waals surface area contributed by atoms with Gasteiger partial charge in [0.05, 0.1) is 12.4 Å². The summed E-state index contributed by atoms with van der Waals surface area (Å²) in [5, 5.41) is 9.51. The standard InChI is InChI=1S/C14H19ClF2N4O2.C9H11ClF2N4/c1-13(2,3)21(12(22)23)9-8-18-11(10(15)19-9)20-6-4-14(16,17)5-7-20;10-7-8(14-5-6(13)15-7)16-3-1-9(11,12)2-4-16/h8H,4-7H2,1-3H3,(H,22,23);5H,1-4H2,(H2,13,15). The Labute approximate surface area is 233 Å². The third-order valence-corrected chi connectivity index (χ3v) is 6.62. The Balaban J connectivity index is 0.000000230. The van der Waals surface area contributed by atoms with Crippen LogP contribution in [0.5, 0.6) is 0 Å². The first-order chi connectivity index (χ1) is 18.0. The number of alkyl halides is 4. The van der Waals surface area contributed by atoms with Crippen molar-refractivity contribution in [3.05, 3.63) is 22.7 Å². The molecule has 39 heavy (non-hydrogen) atoms. The van der Waals surface area contributed by atoms with E-state index < -0.39 is 23.5 Å². The number of carbonyl (C=O) groups is 1. The molecule has 0 unspecified atom stereocenters. The van der Waals surface area contributed by atoms with E-state index in [1.54, 1.807) is 30.6 Å². The smallest absolute Gasteiger partial charge is 0.413 e. The summed E-state index contributed by atoms with van der Waals surface area (Å²) in [6, 6.07) is 0. The van der Waals surface area contributed by atoms with Crippen LogP contribution in [0.2, 0.25) is 10.3 Å². The van der Waals surface area contributed by atoms with Crippen molar-refractivity contribution in [1.82, 2.24) is 19.9 Å². The van der Waals surface area contributed by atoms with Gasteiger partial charge < -0.3 is 20.6 Å². The lowest BCUT2D eigenvalue weighted by Gasteiger charge is -2.34. The van der Waals surface area contributed by atoms with Crippen LogP contribution in [0, 0.1) is 0 Å². The molecule has 2 aromatic heterocycles. The second-order valence-corrected chi connectivity index (χ2v) is 10.9. The van der Waals surface area contributed by atoms with Gasteiger partial charge in [-0.25, -0.2) is 42.3 Å².